The van der Waals surface area contributed by atoms with Gasteiger partial charge in [0.15, 0.2) is 0 Å². The number of hydrazine groups is 1. The molecule has 60 heavy (non-hydrogen) atoms. The molecule has 3 aliphatic rings. The molecule has 15 heteroatoms. The number of carbonyl (C=O) groups is 6. The molecule has 3 heterocycles. The minimum Gasteiger partial charge on any atom is -0.508 e. The van der Waals surface area contributed by atoms with Crippen molar-refractivity contribution in [2.75, 3.05) is 32.8 Å². The van der Waals surface area contributed by atoms with E-state index in [1.165, 1.54) is 30.1 Å². The molecular weight excluding hydrogens is 771 g/mol. The third kappa shape index (κ3) is 14.6. The number of morpholine rings is 1. The number of ether oxygens (including phenoxy) is 2. The summed E-state index contributed by atoms with van der Waals surface area (Å²) in [6.07, 6.45) is 11.9. The predicted octanol–water partition coefficient (Wildman–Crippen LogP) is 3.22. The molecule has 0 radical (unpaired) electrons. The van der Waals surface area contributed by atoms with E-state index in [1.807, 2.05) is 12.2 Å². The number of carbonyl (C=O) groups excluding carboxylic acids is 6. The third-order valence-electron chi connectivity index (χ3n) is 11.0. The van der Waals surface area contributed by atoms with Crippen molar-refractivity contribution in [1.82, 2.24) is 26.0 Å². The number of cyclic esters (lactones) is 1. The van der Waals surface area contributed by atoms with Gasteiger partial charge in [-0.05, 0) is 74.6 Å². The number of hydrogen-bond acceptors (Lipinski definition) is 11. The van der Waals surface area contributed by atoms with Gasteiger partial charge < -0.3 is 40.0 Å². The van der Waals surface area contributed by atoms with Gasteiger partial charge in [0.2, 0.25) is 17.7 Å². The minimum absolute atomic E-state index is 0.0179. The number of fused-ring (bicyclic) bond motifs is 2. The first-order valence-electron chi connectivity index (χ1n) is 21.0. The number of ketones is 1. The van der Waals surface area contributed by atoms with E-state index in [0.717, 1.165) is 0 Å². The molecule has 0 spiro atoms. The number of phenols is 1. The summed E-state index contributed by atoms with van der Waals surface area (Å²) in [6, 6.07) is 3.13. The second kappa shape index (κ2) is 23.6. The largest absolute Gasteiger partial charge is 0.508 e. The number of aromatic hydroxyl groups is 1. The van der Waals surface area contributed by atoms with Crippen molar-refractivity contribution >= 4 is 35.4 Å². The zero-order valence-corrected chi connectivity index (χ0v) is 35.5. The molecule has 7 unspecified atom stereocenters. The van der Waals surface area contributed by atoms with Crippen LogP contribution in [0.25, 0.3) is 0 Å². The van der Waals surface area contributed by atoms with Crippen molar-refractivity contribution in [3.05, 3.63) is 77.9 Å². The second-order valence-electron chi connectivity index (χ2n) is 16.3. The van der Waals surface area contributed by atoms with Crippen LogP contribution in [0.3, 0.4) is 0 Å². The first-order valence-corrected chi connectivity index (χ1v) is 21.0. The number of nitrogens with zero attached hydrogens (tertiary/aromatic N) is 2. The molecule has 0 saturated carbocycles. The Kier molecular flexibility index (Phi) is 18.7. The molecule has 328 valence electrons. The molecule has 7 atom stereocenters. The Labute approximate surface area is 353 Å². The smallest absolute Gasteiger partial charge is 0.325 e. The number of rotatable bonds is 9. The van der Waals surface area contributed by atoms with Crippen LogP contribution in [0.1, 0.15) is 78.7 Å². The maximum atomic E-state index is 14.3. The van der Waals surface area contributed by atoms with Crippen LogP contribution in [0, 0.1) is 17.8 Å². The van der Waals surface area contributed by atoms with Crippen LogP contribution in [0.5, 0.6) is 5.75 Å². The average Bonchev–Trinajstić information content (AvgIpc) is 3.22. The quantitative estimate of drug-likeness (QED) is 0.139. The van der Waals surface area contributed by atoms with Crippen molar-refractivity contribution in [2.24, 2.45) is 17.8 Å². The van der Waals surface area contributed by atoms with Gasteiger partial charge in [-0.25, -0.2) is 5.43 Å². The highest BCUT2D eigenvalue weighted by atomic mass is 16.5. The summed E-state index contributed by atoms with van der Waals surface area (Å²) < 4.78 is 11.4. The van der Waals surface area contributed by atoms with Crippen molar-refractivity contribution < 1.29 is 48.5 Å². The van der Waals surface area contributed by atoms with Crippen LogP contribution in [-0.4, -0.2) is 119 Å². The summed E-state index contributed by atoms with van der Waals surface area (Å²) in [5.41, 5.74) is 4.27. The maximum absolute atomic E-state index is 14.3. The van der Waals surface area contributed by atoms with Gasteiger partial charge in [-0.15, -0.1) is 0 Å². The number of nitrogens with one attached hydrogen (secondary N) is 3. The summed E-state index contributed by atoms with van der Waals surface area (Å²) in [6.45, 7) is 10.7. The normalized spacial score (nSPS) is 27.2. The van der Waals surface area contributed by atoms with E-state index in [0.29, 0.717) is 63.1 Å². The highest BCUT2D eigenvalue weighted by molar-refractivity contribution is 5.93. The number of benzene rings is 1. The Morgan fingerprint density at radius 2 is 1.70 bits per heavy atom. The van der Waals surface area contributed by atoms with Crippen LogP contribution >= 0.6 is 0 Å². The predicted molar refractivity (Wildman–Crippen MR) is 225 cm³/mol. The average molecular weight is 834 g/mol. The first-order chi connectivity index (χ1) is 28.6. The summed E-state index contributed by atoms with van der Waals surface area (Å²) in [5.74, 6) is -4.50. The molecule has 0 aromatic heterocycles. The zero-order chi connectivity index (χ0) is 43.8. The van der Waals surface area contributed by atoms with Crippen LogP contribution in [0.15, 0.2) is 72.4 Å². The molecule has 3 aliphatic heterocycles. The topological polar surface area (TPSA) is 204 Å². The molecule has 5 N–H and O–H groups in total. The summed E-state index contributed by atoms with van der Waals surface area (Å²) in [4.78, 5) is 82.6. The number of hydrogen-bond donors (Lipinski definition) is 5. The number of Topliss-reactive ketones (excluding diaryl/α,β-unsaturated/α-hetero) is 1. The van der Waals surface area contributed by atoms with Crippen molar-refractivity contribution in [1.29, 1.82) is 0 Å². The van der Waals surface area contributed by atoms with Gasteiger partial charge in [0.25, 0.3) is 5.91 Å². The standard InChI is InChI=1S/C45H63N5O10/c1-29(2)40-43(56)46-37(28-33-15-11-16-34(52)27-33)44(57)50-22-12-17-36(48-50)45(58)60-38(30(3)14-10-19-39(53)49-23-25-59-26-24-49)18-9-7-6-8-13-31(4)41(54)35(42(55)47-40)21-20-32(5)51/h6-11,14-16,19,27,29,31,35-38,40-41,48,52,54H,12-13,17-18,20-26,28H2,1-5H3,(H,46,56)(H,47,55). The van der Waals surface area contributed by atoms with Gasteiger partial charge in [-0.2, -0.15) is 0 Å². The molecule has 2 saturated heterocycles. The Hall–Kier alpha value is -5.12. The fourth-order valence-electron chi connectivity index (χ4n) is 7.31. The lowest BCUT2D eigenvalue weighted by Gasteiger charge is -2.36. The number of aliphatic hydroxyl groups excluding tert-OH is 1. The molecule has 0 aliphatic carbocycles. The molecule has 4 rings (SSSR count). The Bertz CT molecular complexity index is 1780. The van der Waals surface area contributed by atoms with Crippen molar-refractivity contribution in [3.63, 3.8) is 0 Å². The molecule has 2 fully saturated rings. The number of aliphatic hydroxyl groups is 1. The van der Waals surface area contributed by atoms with E-state index in [2.05, 4.69) is 16.1 Å². The van der Waals surface area contributed by atoms with Crippen LogP contribution in [0.4, 0.5) is 0 Å². The number of phenolic OH excluding ortho intramolecular Hbond substituents is 1. The van der Waals surface area contributed by atoms with Gasteiger partial charge in [0, 0.05) is 45.0 Å². The van der Waals surface area contributed by atoms with Gasteiger partial charge in [0.1, 0.15) is 35.8 Å². The lowest BCUT2D eigenvalue weighted by atomic mass is 9.85. The molecule has 15 nitrogen and oxygen atoms in total. The Morgan fingerprint density at radius 1 is 0.983 bits per heavy atom. The van der Waals surface area contributed by atoms with Crippen LogP contribution in [0.2, 0.25) is 0 Å². The highest BCUT2D eigenvalue weighted by Crippen LogP contribution is 2.24. The van der Waals surface area contributed by atoms with Gasteiger partial charge in [-0.3, -0.25) is 29.0 Å². The summed E-state index contributed by atoms with van der Waals surface area (Å²) in [7, 11) is 0. The highest BCUT2D eigenvalue weighted by Gasteiger charge is 2.38. The van der Waals surface area contributed by atoms with Crippen LogP contribution in [-0.2, 0) is 44.7 Å². The summed E-state index contributed by atoms with van der Waals surface area (Å²) >= 11 is 0. The zero-order valence-electron chi connectivity index (χ0n) is 35.5. The minimum atomic E-state index is -1.18. The fourth-order valence-corrected chi connectivity index (χ4v) is 7.31. The fraction of sp³-hybridized carbons (Fsp3) is 0.556. The summed E-state index contributed by atoms with van der Waals surface area (Å²) in [5, 5.41) is 28.6. The van der Waals surface area contributed by atoms with E-state index < -0.39 is 71.8 Å². The van der Waals surface area contributed by atoms with Gasteiger partial charge in [0.05, 0.1) is 25.2 Å². The molecular formula is C45H63N5O10. The van der Waals surface area contributed by atoms with Crippen molar-refractivity contribution in [3.8, 4) is 5.75 Å². The monoisotopic (exact) mass is 833 g/mol. The first kappa shape index (κ1) is 47.6. The molecule has 1 aromatic carbocycles. The Balaban J connectivity index is 1.67. The van der Waals surface area contributed by atoms with E-state index in [1.54, 1.807) is 69.0 Å². The third-order valence-corrected chi connectivity index (χ3v) is 11.0. The number of amides is 4. The van der Waals surface area contributed by atoms with Crippen molar-refractivity contribution in [2.45, 2.75) is 110 Å². The lowest BCUT2D eigenvalue weighted by molar-refractivity contribution is -0.156. The van der Waals surface area contributed by atoms with Gasteiger partial charge >= 0.3 is 5.97 Å². The SMILES string of the molecule is CC(=O)CCC1C(=O)NC(C(C)C)C(=O)NC(Cc2cccc(O)c2)C(=O)N2CCCC(N2)C(=O)OC(C(C)=CC=CC(=O)N2CCOCC2)CC=CC=CCC(C)C1O. The van der Waals surface area contributed by atoms with E-state index in [9.17, 15) is 39.0 Å². The molecule has 1 aromatic rings. The van der Waals surface area contributed by atoms with Gasteiger partial charge in [-0.1, -0.05) is 69.4 Å². The molecule has 4 amide bonds. The van der Waals surface area contributed by atoms with Crippen LogP contribution < -0.4 is 16.1 Å². The molecule has 2 bridgehead atoms. The number of esters is 1. The lowest BCUT2D eigenvalue weighted by Crippen LogP contribution is -2.62. The maximum Gasteiger partial charge on any atom is 0.325 e. The Morgan fingerprint density at radius 3 is 2.38 bits per heavy atom. The second-order valence-corrected chi connectivity index (χ2v) is 16.3. The number of allylic oxidation sites excluding steroid dienone is 5. The van der Waals surface area contributed by atoms with E-state index in [4.69, 9.17) is 9.47 Å². The van der Waals surface area contributed by atoms with E-state index >= 15 is 0 Å². The van der Waals surface area contributed by atoms with E-state index in [-0.39, 0.29) is 43.2 Å².